The predicted octanol–water partition coefficient (Wildman–Crippen LogP) is 0.582. The van der Waals surface area contributed by atoms with Crippen LogP contribution in [0.15, 0.2) is 6.07 Å². The van der Waals surface area contributed by atoms with E-state index in [0.717, 1.165) is 24.2 Å². The Kier molecular flexibility index (Phi) is 5.22. The number of rotatable bonds is 4. The second kappa shape index (κ2) is 7.41. The minimum atomic E-state index is -0.196. The number of hydrogen-bond acceptors (Lipinski definition) is 5. The van der Waals surface area contributed by atoms with E-state index >= 15 is 0 Å². The highest BCUT2D eigenvalue weighted by Crippen LogP contribution is 2.23. The van der Waals surface area contributed by atoms with Crippen LogP contribution in [0, 0.1) is 26.7 Å². The van der Waals surface area contributed by atoms with Gasteiger partial charge in [0.05, 0.1) is 11.6 Å². The van der Waals surface area contributed by atoms with Crippen LogP contribution in [0.2, 0.25) is 0 Å². The lowest BCUT2D eigenvalue weighted by Crippen LogP contribution is -2.46. The first-order valence-electron chi connectivity index (χ1n) is 9.03. The van der Waals surface area contributed by atoms with Gasteiger partial charge < -0.3 is 16.0 Å². The van der Waals surface area contributed by atoms with Crippen molar-refractivity contribution in [3.8, 4) is 0 Å². The highest BCUT2D eigenvalue weighted by molar-refractivity contribution is 6.01. The summed E-state index contributed by atoms with van der Waals surface area (Å²) in [5, 5.41) is 7.30. The van der Waals surface area contributed by atoms with E-state index in [1.54, 1.807) is 9.42 Å². The minimum absolute atomic E-state index is 0.0330. The summed E-state index contributed by atoms with van der Waals surface area (Å²) < 4.78 is 1.71. The number of nitrogens with two attached hydrogens (primary N) is 1. The molecule has 3 N–H and O–H groups in total. The fraction of sp³-hybridized carbons (Fsp3) is 0.556. The summed E-state index contributed by atoms with van der Waals surface area (Å²) >= 11 is 0. The number of nitrogens with one attached hydrogen (secondary N) is 1. The Morgan fingerprint density at radius 1 is 1.35 bits per heavy atom. The number of hydrogen-bond donors (Lipinski definition) is 2. The average molecular weight is 358 g/mol. The Morgan fingerprint density at radius 2 is 2.12 bits per heavy atom. The number of likely N-dealkylation sites (tertiary alicyclic amines) is 1. The van der Waals surface area contributed by atoms with Gasteiger partial charge in [-0.25, -0.2) is 9.50 Å². The molecule has 1 aliphatic heterocycles. The Morgan fingerprint density at radius 3 is 2.85 bits per heavy atom. The van der Waals surface area contributed by atoms with Crippen molar-refractivity contribution >= 4 is 17.5 Å². The van der Waals surface area contributed by atoms with Gasteiger partial charge in [-0.15, -0.1) is 0 Å². The van der Waals surface area contributed by atoms with Crippen LogP contribution in [-0.2, 0) is 4.79 Å². The maximum Gasteiger partial charge on any atom is 0.259 e. The number of aryl methyl sites for hydroxylation is 3. The monoisotopic (exact) mass is 358 g/mol. The summed E-state index contributed by atoms with van der Waals surface area (Å²) in [6, 6.07) is 1.94. The lowest BCUT2D eigenvalue weighted by molar-refractivity contribution is -0.126. The molecule has 1 unspecified atom stereocenters. The molecule has 0 radical (unpaired) electrons. The molecule has 2 aromatic heterocycles. The molecule has 1 saturated heterocycles. The van der Waals surface area contributed by atoms with Crippen molar-refractivity contribution in [1.29, 1.82) is 0 Å². The maximum atomic E-state index is 13.2. The molecule has 0 bridgehead atoms. The SMILES string of the molecule is Cc1cc(C)n2nc(C)c(C(=O)N3CCCC(C(=O)NCCN)C3)c2n1. The highest BCUT2D eigenvalue weighted by atomic mass is 16.2. The van der Waals surface area contributed by atoms with Crippen LogP contribution in [-0.4, -0.2) is 57.5 Å². The van der Waals surface area contributed by atoms with Crippen LogP contribution >= 0.6 is 0 Å². The third-order valence-electron chi connectivity index (χ3n) is 4.81. The second-order valence-electron chi connectivity index (χ2n) is 6.90. The van der Waals surface area contributed by atoms with Gasteiger partial charge in [-0.1, -0.05) is 0 Å². The molecule has 0 aliphatic carbocycles. The molecule has 8 heteroatoms. The zero-order valence-electron chi connectivity index (χ0n) is 15.6. The van der Waals surface area contributed by atoms with Crippen molar-refractivity contribution in [3.63, 3.8) is 0 Å². The topological polar surface area (TPSA) is 106 Å². The van der Waals surface area contributed by atoms with E-state index in [0.29, 0.717) is 43.1 Å². The molecular formula is C18H26N6O2. The number of nitrogens with zero attached hydrogens (tertiary/aromatic N) is 4. The normalized spacial score (nSPS) is 17.5. The quantitative estimate of drug-likeness (QED) is 0.832. The lowest BCUT2D eigenvalue weighted by atomic mass is 9.96. The number of amides is 2. The van der Waals surface area contributed by atoms with Gasteiger partial charge in [-0.3, -0.25) is 9.59 Å². The molecule has 1 aliphatic rings. The van der Waals surface area contributed by atoms with Crippen LogP contribution in [0.5, 0.6) is 0 Å². The second-order valence-corrected chi connectivity index (χ2v) is 6.90. The third-order valence-corrected chi connectivity index (χ3v) is 4.81. The Labute approximate surface area is 152 Å². The van der Waals surface area contributed by atoms with E-state index in [4.69, 9.17) is 5.73 Å². The Bertz CT molecular complexity index is 844. The fourth-order valence-electron chi connectivity index (χ4n) is 3.55. The van der Waals surface area contributed by atoms with Crippen molar-refractivity contribution in [3.05, 3.63) is 28.7 Å². The molecule has 3 heterocycles. The number of carbonyl (C=O) groups excluding carboxylic acids is 2. The van der Waals surface area contributed by atoms with Crippen molar-refractivity contribution in [2.75, 3.05) is 26.2 Å². The van der Waals surface area contributed by atoms with Gasteiger partial charge in [0.25, 0.3) is 5.91 Å². The molecule has 2 amide bonds. The van der Waals surface area contributed by atoms with Crippen molar-refractivity contribution in [1.82, 2.24) is 24.8 Å². The molecule has 2 aromatic rings. The van der Waals surface area contributed by atoms with Crippen LogP contribution < -0.4 is 11.1 Å². The fourth-order valence-corrected chi connectivity index (χ4v) is 3.55. The molecule has 0 saturated carbocycles. The van der Waals surface area contributed by atoms with Crippen LogP contribution in [0.4, 0.5) is 0 Å². The highest BCUT2D eigenvalue weighted by Gasteiger charge is 2.31. The van der Waals surface area contributed by atoms with E-state index < -0.39 is 0 Å². The molecular weight excluding hydrogens is 332 g/mol. The lowest BCUT2D eigenvalue weighted by Gasteiger charge is -2.32. The van der Waals surface area contributed by atoms with Crippen LogP contribution in [0.3, 0.4) is 0 Å². The third kappa shape index (κ3) is 3.41. The molecule has 1 atom stereocenters. The molecule has 0 aromatic carbocycles. The molecule has 140 valence electrons. The molecule has 26 heavy (non-hydrogen) atoms. The minimum Gasteiger partial charge on any atom is -0.355 e. The maximum absolute atomic E-state index is 13.2. The van der Waals surface area contributed by atoms with Gasteiger partial charge in [0.2, 0.25) is 5.91 Å². The van der Waals surface area contributed by atoms with Gasteiger partial charge in [-0.05, 0) is 39.7 Å². The number of fused-ring (bicyclic) bond motifs is 1. The van der Waals surface area contributed by atoms with E-state index in [1.807, 2.05) is 26.8 Å². The molecule has 3 rings (SSSR count). The van der Waals surface area contributed by atoms with Crippen molar-refractivity contribution in [2.45, 2.75) is 33.6 Å². The summed E-state index contributed by atoms with van der Waals surface area (Å²) in [6.07, 6.45) is 1.58. The van der Waals surface area contributed by atoms with Gasteiger partial charge in [0.1, 0.15) is 5.56 Å². The van der Waals surface area contributed by atoms with Gasteiger partial charge in [0.15, 0.2) is 5.65 Å². The first kappa shape index (κ1) is 18.3. The van der Waals surface area contributed by atoms with Gasteiger partial charge in [-0.2, -0.15) is 5.10 Å². The summed E-state index contributed by atoms with van der Waals surface area (Å²) in [7, 11) is 0. The standard InChI is InChI=1S/C18H26N6O2/c1-11-9-12(2)24-16(21-11)15(13(3)22-24)18(26)23-8-4-5-14(10-23)17(25)20-7-6-19/h9,14H,4-8,10,19H2,1-3H3,(H,20,25). The van der Waals surface area contributed by atoms with E-state index in [1.165, 1.54) is 0 Å². The zero-order valence-corrected chi connectivity index (χ0v) is 15.6. The smallest absolute Gasteiger partial charge is 0.259 e. The molecule has 0 spiro atoms. The van der Waals surface area contributed by atoms with Crippen molar-refractivity contribution in [2.24, 2.45) is 11.7 Å². The Balaban J connectivity index is 1.86. The van der Waals surface area contributed by atoms with E-state index in [2.05, 4.69) is 15.4 Å². The molecule has 8 nitrogen and oxygen atoms in total. The Hall–Kier alpha value is -2.48. The van der Waals surface area contributed by atoms with Gasteiger partial charge in [0, 0.05) is 37.6 Å². The summed E-state index contributed by atoms with van der Waals surface area (Å²) in [5.41, 5.74) is 9.00. The summed E-state index contributed by atoms with van der Waals surface area (Å²) in [4.78, 5) is 31.7. The first-order chi connectivity index (χ1) is 12.4. The number of piperidine rings is 1. The first-order valence-corrected chi connectivity index (χ1v) is 9.03. The zero-order chi connectivity index (χ0) is 18.8. The number of aromatic nitrogens is 3. The van der Waals surface area contributed by atoms with Gasteiger partial charge >= 0.3 is 0 Å². The van der Waals surface area contributed by atoms with Crippen LogP contribution in [0.1, 0.15) is 40.3 Å². The predicted molar refractivity (Wildman–Crippen MR) is 97.9 cm³/mol. The largest absolute Gasteiger partial charge is 0.355 e. The summed E-state index contributed by atoms with van der Waals surface area (Å²) in [6.45, 7) is 7.60. The summed E-state index contributed by atoms with van der Waals surface area (Å²) in [5.74, 6) is -0.335. The average Bonchev–Trinajstić information content (AvgIpc) is 2.95. The van der Waals surface area contributed by atoms with Crippen LogP contribution in [0.25, 0.3) is 5.65 Å². The van der Waals surface area contributed by atoms with E-state index in [9.17, 15) is 9.59 Å². The molecule has 1 fully saturated rings. The van der Waals surface area contributed by atoms with Crippen molar-refractivity contribution < 1.29 is 9.59 Å². The number of carbonyl (C=O) groups is 2. The van der Waals surface area contributed by atoms with E-state index in [-0.39, 0.29) is 17.7 Å².